The van der Waals surface area contributed by atoms with E-state index in [2.05, 4.69) is 6.07 Å². The van der Waals surface area contributed by atoms with Crippen LogP contribution >= 0.6 is 0 Å². The Balaban J connectivity index is 1.94. The molecule has 1 unspecified atom stereocenters. The van der Waals surface area contributed by atoms with Gasteiger partial charge in [-0.15, -0.1) is 0 Å². The van der Waals surface area contributed by atoms with Crippen LogP contribution in [0.1, 0.15) is 56.8 Å². The van der Waals surface area contributed by atoms with E-state index in [1.54, 1.807) is 0 Å². The van der Waals surface area contributed by atoms with Crippen molar-refractivity contribution in [2.75, 3.05) is 6.61 Å². The standard InChI is InChI=1S/C17H23NO2/c1-17(2,12-18)10-5-11-20-16-9-4-6-13-14(16)7-3-8-15(13)19/h4,6,9,15,19H,3,5,7-8,10-11H2,1-2H3. The number of ether oxygens (including phenoxy) is 1. The van der Waals surface area contributed by atoms with E-state index in [1.165, 1.54) is 0 Å². The lowest BCUT2D eigenvalue weighted by Gasteiger charge is -2.24. The number of hydrogen-bond donors (Lipinski definition) is 1. The number of nitrogens with zero attached hydrogens (tertiary/aromatic N) is 1. The summed E-state index contributed by atoms with van der Waals surface area (Å²) in [6.07, 6.45) is 4.18. The first-order valence-corrected chi connectivity index (χ1v) is 7.37. The summed E-state index contributed by atoms with van der Waals surface area (Å²) in [5.74, 6) is 0.899. The van der Waals surface area contributed by atoms with Crippen LogP contribution in [0.4, 0.5) is 0 Å². The highest BCUT2D eigenvalue weighted by Crippen LogP contribution is 2.35. The van der Waals surface area contributed by atoms with Crippen molar-refractivity contribution in [3.05, 3.63) is 29.3 Å². The first-order chi connectivity index (χ1) is 9.53. The van der Waals surface area contributed by atoms with Crippen molar-refractivity contribution in [2.24, 2.45) is 5.41 Å². The lowest BCUT2D eigenvalue weighted by Crippen LogP contribution is -2.13. The minimum atomic E-state index is -0.347. The van der Waals surface area contributed by atoms with E-state index in [0.717, 1.165) is 49.0 Å². The summed E-state index contributed by atoms with van der Waals surface area (Å²) in [7, 11) is 0. The maximum Gasteiger partial charge on any atom is 0.122 e. The van der Waals surface area contributed by atoms with Gasteiger partial charge in [-0.05, 0) is 63.1 Å². The Hall–Kier alpha value is -1.53. The number of rotatable bonds is 5. The molecule has 1 aromatic rings. The van der Waals surface area contributed by atoms with Crippen LogP contribution in [0.2, 0.25) is 0 Å². The van der Waals surface area contributed by atoms with Gasteiger partial charge in [0, 0.05) is 0 Å². The summed E-state index contributed by atoms with van der Waals surface area (Å²) in [5.41, 5.74) is 1.90. The number of fused-ring (bicyclic) bond motifs is 1. The van der Waals surface area contributed by atoms with Gasteiger partial charge in [-0.1, -0.05) is 12.1 Å². The molecule has 1 atom stereocenters. The van der Waals surface area contributed by atoms with E-state index in [1.807, 2.05) is 32.0 Å². The van der Waals surface area contributed by atoms with Crippen LogP contribution in [-0.4, -0.2) is 11.7 Å². The van der Waals surface area contributed by atoms with E-state index in [-0.39, 0.29) is 11.5 Å². The molecule has 1 aliphatic rings. The molecule has 0 bridgehead atoms. The van der Waals surface area contributed by atoms with E-state index in [0.29, 0.717) is 6.61 Å². The third-order valence-electron chi connectivity index (χ3n) is 3.94. The van der Waals surface area contributed by atoms with Crippen molar-refractivity contribution in [3.8, 4) is 11.8 Å². The molecule has 0 radical (unpaired) electrons. The topological polar surface area (TPSA) is 53.2 Å². The highest BCUT2D eigenvalue weighted by atomic mass is 16.5. The zero-order valence-electron chi connectivity index (χ0n) is 12.4. The van der Waals surface area contributed by atoms with Gasteiger partial charge in [0.05, 0.1) is 24.2 Å². The van der Waals surface area contributed by atoms with Crippen molar-refractivity contribution < 1.29 is 9.84 Å². The predicted molar refractivity (Wildman–Crippen MR) is 78.5 cm³/mol. The fourth-order valence-corrected chi connectivity index (χ4v) is 2.68. The van der Waals surface area contributed by atoms with Crippen LogP contribution < -0.4 is 4.74 Å². The molecule has 0 amide bonds. The Labute approximate surface area is 121 Å². The number of benzene rings is 1. The van der Waals surface area contributed by atoms with Gasteiger partial charge in [-0.25, -0.2) is 0 Å². The van der Waals surface area contributed by atoms with Gasteiger partial charge in [-0.3, -0.25) is 0 Å². The molecule has 108 valence electrons. The van der Waals surface area contributed by atoms with Gasteiger partial charge < -0.3 is 9.84 Å². The molecule has 1 N–H and O–H groups in total. The van der Waals surface area contributed by atoms with Gasteiger partial charge in [0.1, 0.15) is 5.75 Å². The van der Waals surface area contributed by atoms with Gasteiger partial charge in [0.2, 0.25) is 0 Å². The second-order valence-electron chi connectivity index (χ2n) is 6.18. The Morgan fingerprint density at radius 3 is 3.00 bits per heavy atom. The van der Waals surface area contributed by atoms with Gasteiger partial charge in [-0.2, -0.15) is 5.26 Å². The van der Waals surface area contributed by atoms with Crippen molar-refractivity contribution in [1.82, 2.24) is 0 Å². The summed E-state index contributed by atoms with van der Waals surface area (Å²) >= 11 is 0. The molecule has 1 aliphatic carbocycles. The molecular formula is C17H23NO2. The highest BCUT2D eigenvalue weighted by Gasteiger charge is 2.21. The third-order valence-corrected chi connectivity index (χ3v) is 3.94. The van der Waals surface area contributed by atoms with E-state index < -0.39 is 0 Å². The van der Waals surface area contributed by atoms with Crippen molar-refractivity contribution in [2.45, 2.75) is 52.1 Å². The van der Waals surface area contributed by atoms with Crippen LogP contribution in [0, 0.1) is 16.7 Å². The molecule has 0 aromatic heterocycles. The van der Waals surface area contributed by atoms with Gasteiger partial charge in [0.25, 0.3) is 0 Å². The molecule has 0 spiro atoms. The minimum absolute atomic E-state index is 0.282. The van der Waals surface area contributed by atoms with Crippen molar-refractivity contribution in [3.63, 3.8) is 0 Å². The monoisotopic (exact) mass is 273 g/mol. The Bertz CT molecular complexity index is 502. The third kappa shape index (κ3) is 3.52. The maximum absolute atomic E-state index is 10.0. The lowest BCUT2D eigenvalue weighted by atomic mass is 9.89. The van der Waals surface area contributed by atoms with Gasteiger partial charge >= 0.3 is 0 Å². The number of aliphatic hydroxyl groups excluding tert-OH is 1. The molecule has 0 heterocycles. The van der Waals surface area contributed by atoms with E-state index in [9.17, 15) is 5.11 Å². The second-order valence-corrected chi connectivity index (χ2v) is 6.18. The smallest absolute Gasteiger partial charge is 0.122 e. The molecule has 3 nitrogen and oxygen atoms in total. The zero-order valence-corrected chi connectivity index (χ0v) is 12.4. The first kappa shape index (κ1) is 14.9. The lowest BCUT2D eigenvalue weighted by molar-refractivity contribution is 0.155. The number of hydrogen-bond acceptors (Lipinski definition) is 3. The molecule has 3 heteroatoms. The second kappa shape index (κ2) is 6.28. The van der Waals surface area contributed by atoms with Crippen molar-refractivity contribution >= 4 is 0 Å². The fraction of sp³-hybridized carbons (Fsp3) is 0.588. The Morgan fingerprint density at radius 2 is 2.25 bits per heavy atom. The molecule has 0 aliphatic heterocycles. The summed E-state index contributed by atoms with van der Waals surface area (Å²) in [6, 6.07) is 8.22. The average molecular weight is 273 g/mol. The average Bonchev–Trinajstić information content (AvgIpc) is 2.44. The molecule has 0 saturated heterocycles. The minimum Gasteiger partial charge on any atom is -0.493 e. The number of nitriles is 1. The van der Waals surface area contributed by atoms with Crippen LogP contribution in [0.15, 0.2) is 18.2 Å². The van der Waals surface area contributed by atoms with E-state index in [4.69, 9.17) is 10.00 Å². The summed E-state index contributed by atoms with van der Waals surface area (Å²) in [5, 5.41) is 19.0. The molecule has 2 rings (SSSR count). The molecular weight excluding hydrogens is 250 g/mol. The summed E-state index contributed by atoms with van der Waals surface area (Å²) < 4.78 is 5.87. The van der Waals surface area contributed by atoms with Gasteiger partial charge in [0.15, 0.2) is 0 Å². The Morgan fingerprint density at radius 1 is 1.45 bits per heavy atom. The van der Waals surface area contributed by atoms with Crippen molar-refractivity contribution in [1.29, 1.82) is 5.26 Å². The molecule has 0 fully saturated rings. The number of aliphatic hydroxyl groups is 1. The summed E-state index contributed by atoms with van der Waals surface area (Å²) in [4.78, 5) is 0. The maximum atomic E-state index is 10.0. The fourth-order valence-electron chi connectivity index (χ4n) is 2.68. The highest BCUT2D eigenvalue weighted by molar-refractivity contribution is 5.42. The van der Waals surface area contributed by atoms with E-state index >= 15 is 0 Å². The molecule has 0 saturated carbocycles. The van der Waals surface area contributed by atoms with Crippen LogP contribution in [0.3, 0.4) is 0 Å². The summed E-state index contributed by atoms with van der Waals surface area (Å²) in [6.45, 7) is 4.53. The SMILES string of the molecule is CC(C)(C#N)CCCOc1cccc2c1CCCC2O. The first-order valence-electron chi connectivity index (χ1n) is 7.37. The largest absolute Gasteiger partial charge is 0.493 e. The normalized spacial score (nSPS) is 18.2. The zero-order chi connectivity index (χ0) is 14.6. The van der Waals surface area contributed by atoms with Crippen LogP contribution in [0.5, 0.6) is 5.75 Å². The van der Waals surface area contributed by atoms with Crippen LogP contribution in [-0.2, 0) is 6.42 Å². The molecule has 1 aromatic carbocycles. The van der Waals surface area contributed by atoms with Crippen LogP contribution in [0.25, 0.3) is 0 Å². The predicted octanol–water partition coefficient (Wildman–Crippen LogP) is 3.77. The Kier molecular flexibility index (Phi) is 4.67. The molecule has 20 heavy (non-hydrogen) atoms. The quantitative estimate of drug-likeness (QED) is 0.831.